The Bertz CT molecular complexity index is 339. The average Bonchev–Trinajstić information content (AvgIpc) is 2.18. The molecule has 0 saturated heterocycles. The number of carbonyl (C=O) groups is 1. The summed E-state index contributed by atoms with van der Waals surface area (Å²) in [5, 5.41) is 2.67. The zero-order valence-electron chi connectivity index (χ0n) is 8.13. The molecule has 0 spiro atoms. The zero-order valence-corrected chi connectivity index (χ0v) is 8.13. The van der Waals surface area contributed by atoms with E-state index in [0.29, 0.717) is 5.69 Å². The van der Waals surface area contributed by atoms with Gasteiger partial charge in [-0.05, 0) is 25.1 Å². The van der Waals surface area contributed by atoms with Crippen LogP contribution in [0.5, 0.6) is 0 Å². The molecule has 0 aliphatic heterocycles. The molecule has 0 fully saturated rings. The number of benzene rings is 1. The summed E-state index contributed by atoms with van der Waals surface area (Å²) in [6, 6.07) is 4.18. The van der Waals surface area contributed by atoms with Crippen molar-refractivity contribution in [2.45, 2.75) is 6.92 Å². The van der Waals surface area contributed by atoms with Gasteiger partial charge in [-0.25, -0.2) is 9.18 Å². The number of esters is 1. The van der Waals surface area contributed by atoms with Gasteiger partial charge in [0.15, 0.2) is 0 Å². The van der Waals surface area contributed by atoms with Crippen LogP contribution in [0.25, 0.3) is 0 Å². The first kappa shape index (κ1) is 10.5. The SMILES string of the molecule is CCOC(=O)c1ccc(NC)c(F)c1. The number of halogens is 1. The summed E-state index contributed by atoms with van der Waals surface area (Å²) >= 11 is 0. The van der Waals surface area contributed by atoms with Crippen LogP contribution in [0.2, 0.25) is 0 Å². The molecule has 1 rings (SSSR count). The largest absolute Gasteiger partial charge is 0.462 e. The number of carbonyl (C=O) groups excluding carboxylic acids is 1. The van der Waals surface area contributed by atoms with Crippen LogP contribution in [-0.2, 0) is 4.74 Å². The Labute approximate surface area is 81.9 Å². The van der Waals surface area contributed by atoms with Crippen molar-refractivity contribution in [3.05, 3.63) is 29.6 Å². The molecule has 0 aromatic heterocycles. The predicted octanol–water partition coefficient (Wildman–Crippen LogP) is 2.04. The van der Waals surface area contributed by atoms with Crippen LogP contribution in [0.3, 0.4) is 0 Å². The topological polar surface area (TPSA) is 38.3 Å². The van der Waals surface area contributed by atoms with Gasteiger partial charge >= 0.3 is 5.97 Å². The van der Waals surface area contributed by atoms with Gasteiger partial charge in [-0.15, -0.1) is 0 Å². The normalized spacial score (nSPS) is 9.64. The first-order chi connectivity index (χ1) is 6.69. The number of nitrogens with one attached hydrogen (secondary N) is 1. The van der Waals surface area contributed by atoms with E-state index in [1.165, 1.54) is 12.1 Å². The molecule has 0 aliphatic carbocycles. The second-order valence-electron chi connectivity index (χ2n) is 2.67. The van der Waals surface area contributed by atoms with Crippen LogP contribution < -0.4 is 5.32 Å². The highest BCUT2D eigenvalue weighted by Gasteiger charge is 2.09. The summed E-state index contributed by atoms with van der Waals surface area (Å²) in [7, 11) is 1.61. The Hall–Kier alpha value is -1.58. The van der Waals surface area contributed by atoms with E-state index in [2.05, 4.69) is 5.32 Å². The lowest BCUT2D eigenvalue weighted by molar-refractivity contribution is 0.0526. The van der Waals surface area contributed by atoms with Gasteiger partial charge in [0.25, 0.3) is 0 Å². The maximum absolute atomic E-state index is 13.2. The number of hydrogen-bond donors (Lipinski definition) is 1. The third kappa shape index (κ3) is 2.22. The molecule has 1 aromatic rings. The van der Waals surface area contributed by atoms with Crippen molar-refractivity contribution < 1.29 is 13.9 Å². The fraction of sp³-hybridized carbons (Fsp3) is 0.300. The van der Waals surface area contributed by atoms with Gasteiger partial charge < -0.3 is 10.1 Å². The monoisotopic (exact) mass is 197 g/mol. The highest BCUT2D eigenvalue weighted by Crippen LogP contribution is 2.15. The maximum Gasteiger partial charge on any atom is 0.338 e. The van der Waals surface area contributed by atoms with Gasteiger partial charge in [0.2, 0.25) is 0 Å². The lowest BCUT2D eigenvalue weighted by atomic mass is 10.2. The standard InChI is InChI=1S/C10H12FNO2/c1-3-14-10(13)7-4-5-9(12-2)8(11)6-7/h4-6,12H,3H2,1-2H3. The van der Waals surface area contributed by atoms with Crippen molar-refractivity contribution in [1.82, 2.24) is 0 Å². The van der Waals surface area contributed by atoms with E-state index in [0.717, 1.165) is 6.07 Å². The van der Waals surface area contributed by atoms with Crippen LogP contribution >= 0.6 is 0 Å². The Morgan fingerprint density at radius 2 is 2.29 bits per heavy atom. The molecule has 0 bridgehead atoms. The van der Waals surface area contributed by atoms with Crippen LogP contribution in [-0.4, -0.2) is 19.6 Å². The first-order valence-electron chi connectivity index (χ1n) is 4.33. The highest BCUT2D eigenvalue weighted by atomic mass is 19.1. The number of ether oxygens (including phenoxy) is 1. The van der Waals surface area contributed by atoms with Crippen LogP contribution in [0, 0.1) is 5.82 Å². The van der Waals surface area contributed by atoms with Crippen LogP contribution in [0.1, 0.15) is 17.3 Å². The molecule has 1 N–H and O–H groups in total. The van der Waals surface area contributed by atoms with Crippen molar-refractivity contribution in [3.63, 3.8) is 0 Å². The molecule has 3 nitrogen and oxygen atoms in total. The minimum Gasteiger partial charge on any atom is -0.462 e. The summed E-state index contributed by atoms with van der Waals surface area (Å²) < 4.78 is 17.9. The smallest absolute Gasteiger partial charge is 0.338 e. The Morgan fingerprint density at radius 3 is 2.79 bits per heavy atom. The molecule has 0 aliphatic rings. The van der Waals surface area contributed by atoms with E-state index in [1.807, 2.05) is 0 Å². The molecule has 14 heavy (non-hydrogen) atoms. The maximum atomic E-state index is 13.2. The summed E-state index contributed by atoms with van der Waals surface area (Å²) in [4.78, 5) is 11.2. The molecule has 0 atom stereocenters. The summed E-state index contributed by atoms with van der Waals surface area (Å²) in [5.74, 6) is -0.966. The summed E-state index contributed by atoms with van der Waals surface area (Å²) in [6.45, 7) is 1.99. The van der Waals surface area contributed by atoms with E-state index in [-0.39, 0.29) is 12.2 Å². The van der Waals surface area contributed by atoms with Crippen molar-refractivity contribution in [1.29, 1.82) is 0 Å². The Balaban J connectivity index is 2.91. The fourth-order valence-electron chi connectivity index (χ4n) is 1.06. The Morgan fingerprint density at radius 1 is 1.57 bits per heavy atom. The molecule has 1 aromatic carbocycles. The molecule has 0 radical (unpaired) electrons. The fourth-order valence-corrected chi connectivity index (χ4v) is 1.06. The lowest BCUT2D eigenvalue weighted by Gasteiger charge is -2.04. The molecule has 76 valence electrons. The van der Waals surface area contributed by atoms with E-state index in [1.54, 1.807) is 14.0 Å². The van der Waals surface area contributed by atoms with E-state index < -0.39 is 11.8 Å². The van der Waals surface area contributed by atoms with E-state index in [9.17, 15) is 9.18 Å². The van der Waals surface area contributed by atoms with Gasteiger partial charge in [-0.1, -0.05) is 0 Å². The summed E-state index contributed by atoms with van der Waals surface area (Å²) in [6.07, 6.45) is 0. The quantitative estimate of drug-likeness (QED) is 0.753. The Kier molecular flexibility index (Phi) is 3.45. The van der Waals surface area contributed by atoms with Gasteiger partial charge in [0, 0.05) is 7.05 Å². The van der Waals surface area contributed by atoms with Crippen molar-refractivity contribution >= 4 is 11.7 Å². The van der Waals surface area contributed by atoms with Gasteiger partial charge in [0.05, 0.1) is 17.9 Å². The van der Waals surface area contributed by atoms with E-state index in [4.69, 9.17) is 4.74 Å². The number of rotatable bonds is 3. The molecule has 0 unspecified atom stereocenters. The second-order valence-corrected chi connectivity index (χ2v) is 2.67. The first-order valence-corrected chi connectivity index (χ1v) is 4.33. The van der Waals surface area contributed by atoms with Gasteiger partial charge in [-0.2, -0.15) is 0 Å². The zero-order chi connectivity index (χ0) is 10.6. The van der Waals surface area contributed by atoms with Crippen LogP contribution in [0.4, 0.5) is 10.1 Å². The van der Waals surface area contributed by atoms with Crippen molar-refractivity contribution in [3.8, 4) is 0 Å². The lowest BCUT2D eigenvalue weighted by Crippen LogP contribution is -2.05. The van der Waals surface area contributed by atoms with Crippen molar-refractivity contribution in [2.24, 2.45) is 0 Å². The van der Waals surface area contributed by atoms with Crippen LogP contribution in [0.15, 0.2) is 18.2 Å². The molecule has 4 heteroatoms. The third-order valence-corrected chi connectivity index (χ3v) is 1.75. The molecule has 0 amide bonds. The minimum atomic E-state index is -0.506. The second kappa shape index (κ2) is 4.60. The average molecular weight is 197 g/mol. The van der Waals surface area contributed by atoms with Crippen molar-refractivity contribution in [2.75, 3.05) is 19.0 Å². The highest BCUT2D eigenvalue weighted by molar-refractivity contribution is 5.89. The summed E-state index contributed by atoms with van der Waals surface area (Å²) in [5.41, 5.74) is 0.585. The van der Waals surface area contributed by atoms with E-state index >= 15 is 0 Å². The molecule has 0 saturated carbocycles. The minimum absolute atomic E-state index is 0.225. The predicted molar refractivity (Wildman–Crippen MR) is 51.9 cm³/mol. The molecule has 0 heterocycles. The van der Waals surface area contributed by atoms with Gasteiger partial charge in [-0.3, -0.25) is 0 Å². The number of hydrogen-bond acceptors (Lipinski definition) is 3. The number of anilines is 1. The molecular weight excluding hydrogens is 185 g/mol. The van der Waals surface area contributed by atoms with Gasteiger partial charge in [0.1, 0.15) is 5.82 Å². The molecular formula is C10H12FNO2. The third-order valence-electron chi connectivity index (χ3n) is 1.75.